The molecule has 2 aromatic rings. The van der Waals surface area contributed by atoms with E-state index in [1.165, 1.54) is 30.1 Å². The van der Waals surface area contributed by atoms with Crippen LogP contribution in [0.25, 0.3) is 0 Å². The number of likely N-dealkylation sites (N-methyl/N-ethyl adjacent to an activating group) is 1. The van der Waals surface area contributed by atoms with E-state index in [4.69, 9.17) is 4.74 Å². The molecule has 2 rings (SSSR count). The summed E-state index contributed by atoms with van der Waals surface area (Å²) >= 11 is 0. The van der Waals surface area contributed by atoms with E-state index in [1.807, 2.05) is 32.0 Å². The summed E-state index contributed by atoms with van der Waals surface area (Å²) in [5, 5.41) is 2.54. The predicted molar refractivity (Wildman–Crippen MR) is 94.1 cm³/mol. The molecule has 2 aromatic carbocycles. The lowest BCUT2D eigenvalue weighted by atomic mass is 10.1. The third-order valence-corrected chi connectivity index (χ3v) is 3.60. The largest absolute Gasteiger partial charge is 0.484 e. The fraction of sp³-hybridized carbons (Fsp3) is 0.263. The van der Waals surface area contributed by atoms with Gasteiger partial charge in [0.25, 0.3) is 5.91 Å². The second-order valence-electron chi connectivity index (χ2n) is 5.87. The van der Waals surface area contributed by atoms with Crippen molar-refractivity contribution in [2.45, 2.75) is 13.8 Å². The maximum Gasteiger partial charge on any atom is 0.260 e. The normalized spacial score (nSPS) is 10.2. The Hall–Kier alpha value is -2.89. The van der Waals surface area contributed by atoms with Gasteiger partial charge in [0.05, 0.1) is 6.54 Å². The molecule has 0 aliphatic rings. The SMILES string of the molecule is Cc1ccc(OCC(=O)N(C)CC(=O)Nc2cccc(F)c2)c(C)c1. The van der Waals surface area contributed by atoms with Gasteiger partial charge in [0, 0.05) is 12.7 Å². The number of carbonyl (C=O) groups is 2. The molecule has 6 heteroatoms. The number of hydrogen-bond acceptors (Lipinski definition) is 3. The fourth-order valence-corrected chi connectivity index (χ4v) is 2.28. The Morgan fingerprint density at radius 3 is 2.60 bits per heavy atom. The highest BCUT2D eigenvalue weighted by molar-refractivity contribution is 5.94. The molecule has 0 bridgehead atoms. The van der Waals surface area contributed by atoms with Gasteiger partial charge in [0.15, 0.2) is 6.61 Å². The van der Waals surface area contributed by atoms with Gasteiger partial charge in [0.1, 0.15) is 11.6 Å². The lowest BCUT2D eigenvalue weighted by Crippen LogP contribution is -2.37. The first kappa shape index (κ1) is 18.4. The molecule has 1 N–H and O–H groups in total. The third-order valence-electron chi connectivity index (χ3n) is 3.60. The van der Waals surface area contributed by atoms with Crippen LogP contribution < -0.4 is 10.1 Å². The van der Waals surface area contributed by atoms with Gasteiger partial charge in [-0.3, -0.25) is 9.59 Å². The van der Waals surface area contributed by atoms with Crippen LogP contribution in [-0.4, -0.2) is 36.9 Å². The van der Waals surface area contributed by atoms with Crippen molar-refractivity contribution in [2.24, 2.45) is 0 Å². The van der Waals surface area contributed by atoms with Gasteiger partial charge in [-0.05, 0) is 43.7 Å². The molecule has 0 saturated carbocycles. The summed E-state index contributed by atoms with van der Waals surface area (Å²) in [6.07, 6.45) is 0. The van der Waals surface area contributed by atoms with E-state index in [-0.39, 0.29) is 19.1 Å². The Balaban J connectivity index is 1.84. The topological polar surface area (TPSA) is 58.6 Å². The average Bonchev–Trinajstić information content (AvgIpc) is 2.53. The molecule has 0 radical (unpaired) electrons. The maximum atomic E-state index is 13.1. The van der Waals surface area contributed by atoms with Crippen LogP contribution >= 0.6 is 0 Å². The zero-order valence-electron chi connectivity index (χ0n) is 14.5. The van der Waals surface area contributed by atoms with Crippen LogP contribution in [-0.2, 0) is 9.59 Å². The van der Waals surface area contributed by atoms with Gasteiger partial charge in [-0.1, -0.05) is 23.8 Å². The number of benzene rings is 2. The van der Waals surface area contributed by atoms with Crippen molar-refractivity contribution in [3.05, 3.63) is 59.4 Å². The van der Waals surface area contributed by atoms with Gasteiger partial charge < -0.3 is 15.0 Å². The molecule has 0 aliphatic heterocycles. The predicted octanol–water partition coefficient (Wildman–Crippen LogP) is 2.92. The summed E-state index contributed by atoms with van der Waals surface area (Å²) in [5.41, 5.74) is 2.40. The molecular formula is C19H21FN2O3. The van der Waals surface area contributed by atoms with Crippen molar-refractivity contribution in [1.82, 2.24) is 4.90 Å². The molecule has 2 amide bonds. The Bertz CT molecular complexity index is 777. The van der Waals surface area contributed by atoms with Gasteiger partial charge in [-0.15, -0.1) is 0 Å². The summed E-state index contributed by atoms with van der Waals surface area (Å²) < 4.78 is 18.6. The van der Waals surface area contributed by atoms with E-state index in [9.17, 15) is 14.0 Å². The zero-order valence-corrected chi connectivity index (χ0v) is 14.5. The van der Waals surface area contributed by atoms with Crippen LogP contribution in [0.4, 0.5) is 10.1 Å². The molecule has 0 atom stereocenters. The second kappa shape index (κ2) is 8.28. The minimum Gasteiger partial charge on any atom is -0.484 e. The highest BCUT2D eigenvalue weighted by Gasteiger charge is 2.14. The number of ether oxygens (including phenoxy) is 1. The Morgan fingerprint density at radius 2 is 1.92 bits per heavy atom. The fourth-order valence-electron chi connectivity index (χ4n) is 2.28. The van der Waals surface area contributed by atoms with Crippen molar-refractivity contribution in [3.63, 3.8) is 0 Å². The van der Waals surface area contributed by atoms with Crippen LogP contribution in [0.15, 0.2) is 42.5 Å². The van der Waals surface area contributed by atoms with E-state index < -0.39 is 11.7 Å². The van der Waals surface area contributed by atoms with Gasteiger partial charge in [-0.25, -0.2) is 4.39 Å². The first-order valence-electron chi connectivity index (χ1n) is 7.84. The second-order valence-corrected chi connectivity index (χ2v) is 5.87. The molecule has 0 spiro atoms. The van der Waals surface area contributed by atoms with Crippen molar-refractivity contribution < 1.29 is 18.7 Å². The number of anilines is 1. The highest BCUT2D eigenvalue weighted by atomic mass is 19.1. The molecule has 0 saturated heterocycles. The van der Waals surface area contributed by atoms with E-state index in [1.54, 1.807) is 6.07 Å². The summed E-state index contributed by atoms with van der Waals surface area (Å²) in [7, 11) is 1.51. The smallest absolute Gasteiger partial charge is 0.260 e. The molecular weight excluding hydrogens is 323 g/mol. The van der Waals surface area contributed by atoms with Crippen molar-refractivity contribution >= 4 is 17.5 Å². The lowest BCUT2D eigenvalue weighted by Gasteiger charge is -2.17. The minimum atomic E-state index is -0.441. The van der Waals surface area contributed by atoms with Gasteiger partial charge in [0.2, 0.25) is 5.91 Å². The van der Waals surface area contributed by atoms with E-state index >= 15 is 0 Å². The monoisotopic (exact) mass is 344 g/mol. The summed E-state index contributed by atoms with van der Waals surface area (Å²) in [5.74, 6) is -0.539. The molecule has 0 aliphatic carbocycles. The van der Waals surface area contributed by atoms with Crippen LogP contribution in [0.3, 0.4) is 0 Å². The number of amides is 2. The molecule has 0 heterocycles. The number of carbonyl (C=O) groups excluding carboxylic acids is 2. The first-order valence-corrected chi connectivity index (χ1v) is 7.84. The standard InChI is InChI=1S/C19H21FN2O3/c1-13-7-8-17(14(2)9-13)25-12-19(24)22(3)11-18(23)21-16-6-4-5-15(20)10-16/h4-10H,11-12H2,1-3H3,(H,21,23). The molecule has 0 fully saturated rings. The summed E-state index contributed by atoms with van der Waals surface area (Å²) in [4.78, 5) is 25.3. The van der Waals surface area contributed by atoms with Crippen LogP contribution in [0, 0.1) is 19.7 Å². The summed E-state index contributed by atoms with van der Waals surface area (Å²) in [6, 6.07) is 11.3. The average molecular weight is 344 g/mol. The number of rotatable bonds is 6. The molecule has 25 heavy (non-hydrogen) atoms. The van der Waals surface area contributed by atoms with E-state index in [0.29, 0.717) is 11.4 Å². The van der Waals surface area contributed by atoms with E-state index in [2.05, 4.69) is 5.32 Å². The maximum absolute atomic E-state index is 13.1. The number of aryl methyl sites for hydroxylation is 2. The lowest BCUT2D eigenvalue weighted by molar-refractivity contribution is -0.135. The Labute approximate surface area is 146 Å². The minimum absolute atomic E-state index is 0.147. The number of hydrogen-bond donors (Lipinski definition) is 1. The van der Waals surface area contributed by atoms with Crippen molar-refractivity contribution in [2.75, 3.05) is 25.5 Å². The zero-order chi connectivity index (χ0) is 18.4. The van der Waals surface area contributed by atoms with E-state index in [0.717, 1.165) is 11.1 Å². The number of halogens is 1. The van der Waals surface area contributed by atoms with Gasteiger partial charge >= 0.3 is 0 Å². The summed E-state index contributed by atoms with van der Waals surface area (Å²) in [6.45, 7) is 3.58. The first-order chi connectivity index (χ1) is 11.8. The van der Waals surface area contributed by atoms with Crippen molar-refractivity contribution in [1.29, 1.82) is 0 Å². The van der Waals surface area contributed by atoms with Crippen LogP contribution in [0.2, 0.25) is 0 Å². The molecule has 0 unspecified atom stereocenters. The van der Waals surface area contributed by atoms with Crippen LogP contribution in [0.5, 0.6) is 5.75 Å². The molecule has 132 valence electrons. The molecule has 5 nitrogen and oxygen atoms in total. The quantitative estimate of drug-likeness (QED) is 0.877. The Kier molecular flexibility index (Phi) is 6.11. The Morgan fingerprint density at radius 1 is 1.16 bits per heavy atom. The van der Waals surface area contributed by atoms with Gasteiger partial charge in [-0.2, -0.15) is 0 Å². The molecule has 0 aromatic heterocycles. The van der Waals surface area contributed by atoms with Crippen molar-refractivity contribution in [3.8, 4) is 5.75 Å². The number of nitrogens with zero attached hydrogens (tertiary/aromatic N) is 1. The number of nitrogens with one attached hydrogen (secondary N) is 1. The third kappa shape index (κ3) is 5.60. The highest BCUT2D eigenvalue weighted by Crippen LogP contribution is 2.18. The van der Waals surface area contributed by atoms with Crippen LogP contribution in [0.1, 0.15) is 11.1 Å².